The number of hydrogen-bond donors (Lipinski definition) is 0. The molecule has 4 nitrogen and oxygen atoms in total. The Morgan fingerprint density at radius 1 is 1.50 bits per heavy atom. The van der Waals surface area contributed by atoms with Crippen molar-refractivity contribution in [3.63, 3.8) is 0 Å². The van der Waals surface area contributed by atoms with Crippen molar-refractivity contribution in [2.75, 3.05) is 27.2 Å². The highest BCUT2D eigenvalue weighted by Gasteiger charge is 2.22. The lowest BCUT2D eigenvalue weighted by Gasteiger charge is -2.27. The van der Waals surface area contributed by atoms with Crippen molar-refractivity contribution >= 4 is 11.7 Å². The number of carbonyl (C=O) groups is 2. The Morgan fingerprint density at radius 3 is 2.64 bits per heavy atom. The Bertz CT molecular complexity index is 282. The average Bonchev–Trinajstić information content (AvgIpc) is 2.07. The lowest BCUT2D eigenvalue weighted by molar-refractivity contribution is -0.130. The van der Waals surface area contributed by atoms with Crippen LogP contribution in [-0.4, -0.2) is 48.7 Å². The topological polar surface area (TPSA) is 40.6 Å². The van der Waals surface area contributed by atoms with E-state index >= 15 is 0 Å². The molecule has 0 aromatic rings. The first-order valence-corrected chi connectivity index (χ1v) is 4.66. The molecule has 1 aliphatic heterocycles. The Morgan fingerprint density at radius 2 is 2.14 bits per heavy atom. The van der Waals surface area contributed by atoms with Gasteiger partial charge in [-0.25, -0.2) is 0 Å². The van der Waals surface area contributed by atoms with E-state index in [1.165, 1.54) is 6.92 Å². The second kappa shape index (κ2) is 4.26. The Kier molecular flexibility index (Phi) is 3.28. The normalized spacial score (nSPS) is 20.1. The fraction of sp³-hybridized carbons (Fsp3) is 0.600. The molecule has 0 bridgehead atoms. The van der Waals surface area contributed by atoms with Gasteiger partial charge in [-0.05, 0) is 0 Å². The molecule has 0 unspecified atom stereocenters. The molecular formula is C10H16N2O2. The van der Waals surface area contributed by atoms with Crippen LogP contribution in [0.1, 0.15) is 13.3 Å². The van der Waals surface area contributed by atoms with Crippen molar-refractivity contribution in [3.8, 4) is 0 Å². The van der Waals surface area contributed by atoms with Crippen LogP contribution in [0.3, 0.4) is 0 Å². The molecule has 1 aliphatic rings. The predicted molar refractivity (Wildman–Crippen MR) is 53.6 cm³/mol. The summed E-state index contributed by atoms with van der Waals surface area (Å²) >= 11 is 0. The highest BCUT2D eigenvalue weighted by molar-refractivity contribution is 5.97. The van der Waals surface area contributed by atoms with Gasteiger partial charge >= 0.3 is 0 Å². The van der Waals surface area contributed by atoms with Gasteiger partial charge in [0.25, 0.3) is 0 Å². The van der Waals surface area contributed by atoms with E-state index in [2.05, 4.69) is 0 Å². The van der Waals surface area contributed by atoms with Crippen LogP contribution in [0.4, 0.5) is 0 Å². The fourth-order valence-corrected chi connectivity index (χ4v) is 1.46. The predicted octanol–water partition coefficient (Wildman–Crippen LogP) is 0.253. The van der Waals surface area contributed by atoms with Crippen LogP contribution in [0.15, 0.2) is 11.8 Å². The minimum atomic E-state index is 0.0298. The summed E-state index contributed by atoms with van der Waals surface area (Å²) in [5, 5.41) is 0. The highest BCUT2D eigenvalue weighted by Crippen LogP contribution is 2.12. The van der Waals surface area contributed by atoms with Gasteiger partial charge in [-0.1, -0.05) is 0 Å². The minimum Gasteiger partial charge on any atom is -0.383 e. The summed E-state index contributed by atoms with van der Waals surface area (Å²) < 4.78 is 0. The van der Waals surface area contributed by atoms with Crippen molar-refractivity contribution in [1.82, 2.24) is 9.80 Å². The third kappa shape index (κ3) is 2.58. The number of hydrogen-bond acceptors (Lipinski definition) is 3. The molecule has 0 radical (unpaired) electrons. The molecule has 1 heterocycles. The smallest absolute Gasteiger partial charge is 0.219 e. The summed E-state index contributed by atoms with van der Waals surface area (Å²) in [5.41, 5.74) is 0.719. The lowest BCUT2D eigenvalue weighted by atomic mass is 10.0. The number of piperidine rings is 1. The zero-order chi connectivity index (χ0) is 10.7. The van der Waals surface area contributed by atoms with E-state index in [0.29, 0.717) is 19.5 Å². The van der Waals surface area contributed by atoms with Gasteiger partial charge in [0, 0.05) is 45.8 Å². The highest BCUT2D eigenvalue weighted by atomic mass is 16.2. The summed E-state index contributed by atoms with van der Waals surface area (Å²) in [6, 6.07) is 0. The summed E-state index contributed by atoms with van der Waals surface area (Å²) in [7, 11) is 3.74. The third-order valence-corrected chi connectivity index (χ3v) is 2.19. The first kappa shape index (κ1) is 10.8. The molecule has 1 saturated heterocycles. The van der Waals surface area contributed by atoms with Crippen molar-refractivity contribution in [2.45, 2.75) is 13.3 Å². The SMILES string of the molecule is CC(=O)N1CCC(=O)C(=CN(C)C)C1. The molecule has 78 valence electrons. The van der Waals surface area contributed by atoms with Gasteiger partial charge in [0.05, 0.1) is 6.54 Å². The van der Waals surface area contributed by atoms with E-state index in [0.717, 1.165) is 5.57 Å². The quantitative estimate of drug-likeness (QED) is 0.565. The number of Topliss-reactive ketones (excluding diaryl/α,β-unsaturated/α-hetero) is 1. The molecule has 0 aromatic heterocycles. The van der Waals surface area contributed by atoms with Crippen LogP contribution in [0.2, 0.25) is 0 Å². The summed E-state index contributed by atoms with van der Waals surface area (Å²) in [6.07, 6.45) is 2.23. The molecule has 1 amide bonds. The third-order valence-electron chi connectivity index (χ3n) is 2.19. The van der Waals surface area contributed by atoms with Crippen LogP contribution in [-0.2, 0) is 9.59 Å². The maximum absolute atomic E-state index is 11.5. The van der Waals surface area contributed by atoms with Gasteiger partial charge in [0.15, 0.2) is 5.78 Å². The molecule has 0 N–H and O–H groups in total. The Balaban J connectivity index is 2.74. The zero-order valence-corrected chi connectivity index (χ0v) is 8.91. The number of likely N-dealkylation sites (tertiary alicyclic amines) is 1. The zero-order valence-electron chi connectivity index (χ0n) is 8.91. The molecular weight excluding hydrogens is 180 g/mol. The lowest BCUT2D eigenvalue weighted by Crippen LogP contribution is -2.39. The van der Waals surface area contributed by atoms with Gasteiger partial charge in [-0.3, -0.25) is 9.59 Å². The average molecular weight is 196 g/mol. The van der Waals surface area contributed by atoms with Crippen molar-refractivity contribution in [3.05, 3.63) is 11.8 Å². The van der Waals surface area contributed by atoms with Crippen molar-refractivity contribution in [2.24, 2.45) is 0 Å². The maximum Gasteiger partial charge on any atom is 0.219 e. The fourth-order valence-electron chi connectivity index (χ4n) is 1.46. The Labute approximate surface area is 84.2 Å². The number of nitrogens with zero attached hydrogens (tertiary/aromatic N) is 2. The minimum absolute atomic E-state index is 0.0298. The van der Waals surface area contributed by atoms with E-state index in [9.17, 15) is 9.59 Å². The largest absolute Gasteiger partial charge is 0.383 e. The number of carbonyl (C=O) groups excluding carboxylic acids is 2. The van der Waals surface area contributed by atoms with Crippen LogP contribution < -0.4 is 0 Å². The van der Waals surface area contributed by atoms with Gasteiger partial charge in [0.2, 0.25) is 5.91 Å². The molecule has 14 heavy (non-hydrogen) atoms. The Hall–Kier alpha value is -1.32. The van der Waals surface area contributed by atoms with Crippen LogP contribution >= 0.6 is 0 Å². The number of rotatable bonds is 1. The molecule has 4 heteroatoms. The maximum atomic E-state index is 11.5. The van der Waals surface area contributed by atoms with Gasteiger partial charge in [-0.2, -0.15) is 0 Å². The number of amides is 1. The van der Waals surface area contributed by atoms with E-state index in [-0.39, 0.29) is 11.7 Å². The summed E-state index contributed by atoms with van der Waals surface area (Å²) in [4.78, 5) is 26.1. The van der Waals surface area contributed by atoms with Gasteiger partial charge in [-0.15, -0.1) is 0 Å². The molecule has 1 fully saturated rings. The summed E-state index contributed by atoms with van der Waals surface area (Å²) in [5.74, 6) is 0.179. The van der Waals surface area contributed by atoms with E-state index in [1.54, 1.807) is 11.1 Å². The summed E-state index contributed by atoms with van der Waals surface area (Å²) in [6.45, 7) is 2.54. The number of ketones is 1. The molecule has 0 aromatic carbocycles. The van der Waals surface area contributed by atoms with E-state index in [4.69, 9.17) is 0 Å². The second-order valence-corrected chi connectivity index (χ2v) is 3.73. The first-order valence-electron chi connectivity index (χ1n) is 4.66. The molecule has 0 aliphatic carbocycles. The van der Waals surface area contributed by atoms with Crippen LogP contribution in [0, 0.1) is 0 Å². The molecule has 0 atom stereocenters. The second-order valence-electron chi connectivity index (χ2n) is 3.73. The monoisotopic (exact) mass is 196 g/mol. The van der Waals surface area contributed by atoms with E-state index in [1.807, 2.05) is 19.0 Å². The van der Waals surface area contributed by atoms with Gasteiger partial charge in [0.1, 0.15) is 0 Å². The molecule has 0 spiro atoms. The first-order chi connectivity index (χ1) is 6.50. The standard InChI is InChI=1S/C10H16N2O2/c1-8(13)12-5-4-10(14)9(7-12)6-11(2)3/h6H,4-5,7H2,1-3H3. The van der Waals surface area contributed by atoms with E-state index < -0.39 is 0 Å². The van der Waals surface area contributed by atoms with Gasteiger partial charge < -0.3 is 9.80 Å². The van der Waals surface area contributed by atoms with Crippen LogP contribution in [0.5, 0.6) is 0 Å². The molecule has 0 saturated carbocycles. The van der Waals surface area contributed by atoms with Crippen molar-refractivity contribution in [1.29, 1.82) is 0 Å². The molecule has 1 rings (SSSR count). The van der Waals surface area contributed by atoms with Crippen molar-refractivity contribution < 1.29 is 9.59 Å². The van der Waals surface area contributed by atoms with Crippen LogP contribution in [0.25, 0.3) is 0 Å².